The largest absolute Gasteiger partial charge is 0.467 e. The normalized spacial score (nSPS) is 10.1. The van der Waals surface area contributed by atoms with Crippen molar-refractivity contribution < 1.29 is 23.8 Å². The average Bonchev–Trinajstić information content (AvgIpc) is 2.53. The Morgan fingerprint density at radius 3 is 2.27 bits per heavy atom. The average molecular weight is 300 g/mol. The van der Waals surface area contributed by atoms with Gasteiger partial charge in [-0.3, -0.25) is 4.79 Å². The summed E-state index contributed by atoms with van der Waals surface area (Å²) in [5.41, 5.74) is 0.615. The van der Waals surface area contributed by atoms with Gasteiger partial charge in [-0.15, -0.1) is 0 Å². The van der Waals surface area contributed by atoms with Gasteiger partial charge < -0.3 is 14.2 Å². The number of ketones is 1. The standard InChI is InChI=1S/C17H16O5/c1-12(18)16-14(21-11-20-2)9-6-10-15(16)22-17(19)13-7-4-3-5-8-13/h3-10H,11H2,1-2H3. The highest BCUT2D eigenvalue weighted by molar-refractivity contribution is 6.01. The Bertz CT molecular complexity index is 664. The Labute approximate surface area is 128 Å². The Hall–Kier alpha value is -2.66. The van der Waals surface area contributed by atoms with Gasteiger partial charge in [0.05, 0.1) is 5.56 Å². The molecular weight excluding hydrogens is 284 g/mol. The minimum Gasteiger partial charge on any atom is -0.467 e. The number of benzene rings is 2. The van der Waals surface area contributed by atoms with Gasteiger partial charge in [-0.05, 0) is 31.2 Å². The van der Waals surface area contributed by atoms with E-state index in [-0.39, 0.29) is 23.9 Å². The van der Waals surface area contributed by atoms with Crippen LogP contribution in [0.3, 0.4) is 0 Å². The van der Waals surface area contributed by atoms with Crippen LogP contribution < -0.4 is 9.47 Å². The molecule has 114 valence electrons. The number of Topliss-reactive ketones (excluding diaryl/α,β-unsaturated/α-hetero) is 1. The quantitative estimate of drug-likeness (QED) is 0.355. The predicted octanol–water partition coefficient (Wildman–Crippen LogP) is 3.09. The van der Waals surface area contributed by atoms with Crippen LogP contribution in [0.15, 0.2) is 48.5 Å². The molecule has 0 heterocycles. The Balaban J connectivity index is 2.30. The molecule has 2 aromatic carbocycles. The molecule has 0 spiro atoms. The minimum atomic E-state index is -0.535. The highest BCUT2D eigenvalue weighted by Gasteiger charge is 2.18. The first kappa shape index (κ1) is 15.7. The fourth-order valence-corrected chi connectivity index (χ4v) is 1.92. The van der Waals surface area contributed by atoms with Gasteiger partial charge in [0.1, 0.15) is 17.1 Å². The molecule has 0 amide bonds. The van der Waals surface area contributed by atoms with Crippen LogP contribution in [0.4, 0.5) is 0 Å². The van der Waals surface area contributed by atoms with Gasteiger partial charge in [-0.2, -0.15) is 0 Å². The molecule has 5 heteroatoms. The first-order valence-corrected chi connectivity index (χ1v) is 6.66. The number of hydrogen-bond donors (Lipinski definition) is 0. The first-order chi connectivity index (χ1) is 10.6. The van der Waals surface area contributed by atoms with Crippen molar-refractivity contribution in [2.45, 2.75) is 6.92 Å². The van der Waals surface area contributed by atoms with Crippen LogP contribution in [0.25, 0.3) is 0 Å². The van der Waals surface area contributed by atoms with E-state index in [1.165, 1.54) is 14.0 Å². The third-order valence-electron chi connectivity index (χ3n) is 2.88. The third-order valence-corrected chi connectivity index (χ3v) is 2.88. The molecule has 22 heavy (non-hydrogen) atoms. The van der Waals surface area contributed by atoms with Crippen molar-refractivity contribution in [3.63, 3.8) is 0 Å². The first-order valence-electron chi connectivity index (χ1n) is 6.66. The monoisotopic (exact) mass is 300 g/mol. The zero-order chi connectivity index (χ0) is 15.9. The maximum absolute atomic E-state index is 12.1. The lowest BCUT2D eigenvalue weighted by Crippen LogP contribution is -2.12. The highest BCUT2D eigenvalue weighted by atomic mass is 16.7. The van der Waals surface area contributed by atoms with Gasteiger partial charge in [0, 0.05) is 7.11 Å². The Morgan fingerprint density at radius 1 is 0.955 bits per heavy atom. The molecule has 0 aromatic heterocycles. The van der Waals surface area contributed by atoms with Crippen molar-refractivity contribution in [3.8, 4) is 11.5 Å². The summed E-state index contributed by atoms with van der Waals surface area (Å²) in [6.45, 7) is 1.38. The maximum Gasteiger partial charge on any atom is 0.343 e. The third kappa shape index (κ3) is 3.71. The van der Waals surface area contributed by atoms with Crippen molar-refractivity contribution in [1.29, 1.82) is 0 Å². The molecule has 0 aliphatic rings. The molecule has 5 nitrogen and oxygen atoms in total. The second-order valence-electron chi connectivity index (χ2n) is 4.49. The van der Waals surface area contributed by atoms with E-state index < -0.39 is 5.97 Å². The summed E-state index contributed by atoms with van der Waals surface area (Å²) < 4.78 is 15.5. The van der Waals surface area contributed by atoms with Crippen LogP contribution in [0.2, 0.25) is 0 Å². The summed E-state index contributed by atoms with van der Waals surface area (Å²) in [6.07, 6.45) is 0. The molecule has 0 unspecified atom stereocenters. The molecule has 0 saturated heterocycles. The van der Waals surface area contributed by atoms with E-state index in [9.17, 15) is 9.59 Å². The van der Waals surface area contributed by atoms with E-state index in [1.807, 2.05) is 0 Å². The van der Waals surface area contributed by atoms with Crippen LogP contribution in [-0.4, -0.2) is 25.7 Å². The molecule has 2 aromatic rings. The van der Waals surface area contributed by atoms with Crippen molar-refractivity contribution >= 4 is 11.8 Å². The van der Waals surface area contributed by atoms with Gasteiger partial charge in [-0.25, -0.2) is 4.79 Å². The summed E-state index contributed by atoms with van der Waals surface area (Å²) in [5, 5.41) is 0. The Kier molecular flexibility index (Phi) is 5.27. The Morgan fingerprint density at radius 2 is 1.64 bits per heavy atom. The number of carbonyl (C=O) groups is 2. The summed E-state index contributed by atoms with van der Waals surface area (Å²) in [6, 6.07) is 13.4. The lowest BCUT2D eigenvalue weighted by Gasteiger charge is -2.13. The van der Waals surface area contributed by atoms with E-state index in [0.717, 1.165) is 0 Å². The predicted molar refractivity (Wildman–Crippen MR) is 80.4 cm³/mol. The lowest BCUT2D eigenvalue weighted by molar-refractivity contribution is 0.0500. The van der Waals surface area contributed by atoms with Gasteiger partial charge in [0.15, 0.2) is 12.6 Å². The van der Waals surface area contributed by atoms with Gasteiger partial charge in [0.2, 0.25) is 0 Å². The van der Waals surface area contributed by atoms with Crippen molar-refractivity contribution in [2.24, 2.45) is 0 Å². The molecule has 0 saturated carbocycles. The number of carbonyl (C=O) groups excluding carboxylic acids is 2. The SMILES string of the molecule is COCOc1cccc(OC(=O)c2ccccc2)c1C(C)=O. The van der Waals surface area contributed by atoms with Gasteiger partial charge in [0.25, 0.3) is 0 Å². The van der Waals surface area contributed by atoms with Crippen LogP contribution in [0.1, 0.15) is 27.6 Å². The summed E-state index contributed by atoms with van der Waals surface area (Å²) in [4.78, 5) is 24.0. The summed E-state index contributed by atoms with van der Waals surface area (Å²) in [7, 11) is 1.48. The smallest absolute Gasteiger partial charge is 0.343 e. The number of ether oxygens (including phenoxy) is 3. The lowest BCUT2D eigenvalue weighted by atomic mass is 10.1. The number of methoxy groups -OCH3 is 1. The molecule has 0 radical (unpaired) electrons. The van der Waals surface area contributed by atoms with Gasteiger partial charge in [-0.1, -0.05) is 24.3 Å². The minimum absolute atomic E-state index is 0.00361. The molecule has 0 aliphatic heterocycles. The topological polar surface area (TPSA) is 61.8 Å². The summed E-state index contributed by atoms with van der Waals surface area (Å²) >= 11 is 0. The van der Waals surface area contributed by atoms with E-state index in [1.54, 1.807) is 48.5 Å². The molecule has 0 atom stereocenters. The number of hydrogen-bond acceptors (Lipinski definition) is 5. The highest BCUT2D eigenvalue weighted by Crippen LogP contribution is 2.29. The number of esters is 1. The van der Waals surface area contributed by atoms with Crippen LogP contribution >= 0.6 is 0 Å². The molecule has 0 bridgehead atoms. The zero-order valence-corrected chi connectivity index (χ0v) is 12.4. The van der Waals surface area contributed by atoms with E-state index in [0.29, 0.717) is 11.3 Å². The van der Waals surface area contributed by atoms with Crippen molar-refractivity contribution in [1.82, 2.24) is 0 Å². The van der Waals surface area contributed by atoms with Crippen molar-refractivity contribution in [3.05, 3.63) is 59.7 Å². The maximum atomic E-state index is 12.1. The van der Waals surface area contributed by atoms with E-state index in [2.05, 4.69) is 0 Å². The van der Waals surface area contributed by atoms with E-state index >= 15 is 0 Å². The van der Waals surface area contributed by atoms with Crippen molar-refractivity contribution in [2.75, 3.05) is 13.9 Å². The van der Waals surface area contributed by atoms with Gasteiger partial charge >= 0.3 is 5.97 Å². The molecule has 0 fully saturated rings. The fraction of sp³-hybridized carbons (Fsp3) is 0.176. The fourth-order valence-electron chi connectivity index (χ4n) is 1.92. The molecule has 2 rings (SSSR count). The number of rotatable bonds is 6. The van der Waals surface area contributed by atoms with E-state index in [4.69, 9.17) is 14.2 Å². The second-order valence-corrected chi connectivity index (χ2v) is 4.49. The van der Waals surface area contributed by atoms with Crippen LogP contribution in [-0.2, 0) is 4.74 Å². The molecule has 0 aliphatic carbocycles. The zero-order valence-electron chi connectivity index (χ0n) is 12.4. The molecular formula is C17H16O5. The summed E-state index contributed by atoms with van der Waals surface area (Å²) in [5.74, 6) is -0.322. The van der Waals surface area contributed by atoms with Crippen LogP contribution in [0.5, 0.6) is 11.5 Å². The second kappa shape index (κ2) is 7.38. The molecule has 0 N–H and O–H groups in total. The van der Waals surface area contributed by atoms with Crippen LogP contribution in [0, 0.1) is 0 Å².